The first-order chi connectivity index (χ1) is 12.6. The smallest absolute Gasteiger partial charge is 0.259 e. The number of rotatable bonds is 5. The Labute approximate surface area is 155 Å². The lowest BCUT2D eigenvalue weighted by Gasteiger charge is -2.38. The van der Waals surface area contributed by atoms with Crippen LogP contribution in [-0.4, -0.2) is 50.1 Å². The number of ether oxygens (including phenoxy) is 1. The molecule has 1 amide bonds. The SMILES string of the molecule is COc1ccccc1C(=O)Nc1ccc(N2CCN(C(C)C)CC2)cc1. The van der Waals surface area contributed by atoms with Crippen LogP contribution in [0.25, 0.3) is 0 Å². The Morgan fingerprint density at radius 1 is 1.00 bits per heavy atom. The number of amides is 1. The van der Waals surface area contributed by atoms with Crippen LogP contribution in [0.15, 0.2) is 48.5 Å². The van der Waals surface area contributed by atoms with Gasteiger partial charge in [-0.3, -0.25) is 9.69 Å². The molecule has 0 aromatic heterocycles. The van der Waals surface area contributed by atoms with E-state index in [0.717, 1.165) is 31.9 Å². The second-order valence-corrected chi connectivity index (χ2v) is 6.82. The van der Waals surface area contributed by atoms with Gasteiger partial charge in [-0.05, 0) is 50.2 Å². The minimum absolute atomic E-state index is 0.166. The standard InChI is InChI=1S/C21H27N3O2/c1-16(2)23-12-14-24(15-13-23)18-10-8-17(9-11-18)22-21(25)19-6-4-5-7-20(19)26-3/h4-11,16H,12-15H2,1-3H3,(H,22,25). The Balaban J connectivity index is 1.62. The highest BCUT2D eigenvalue weighted by Gasteiger charge is 2.19. The number of nitrogens with zero attached hydrogens (tertiary/aromatic N) is 2. The number of para-hydroxylation sites is 1. The van der Waals surface area contributed by atoms with Crippen LogP contribution >= 0.6 is 0 Å². The Morgan fingerprint density at radius 2 is 1.65 bits per heavy atom. The zero-order valence-electron chi connectivity index (χ0n) is 15.7. The molecule has 0 spiro atoms. The molecule has 3 rings (SSSR count). The van der Waals surface area contributed by atoms with Gasteiger partial charge in [0.15, 0.2) is 0 Å². The number of carbonyl (C=O) groups excluding carboxylic acids is 1. The Morgan fingerprint density at radius 3 is 2.27 bits per heavy atom. The Bertz CT molecular complexity index is 735. The highest BCUT2D eigenvalue weighted by Crippen LogP contribution is 2.22. The second kappa shape index (κ2) is 8.23. The maximum atomic E-state index is 12.5. The summed E-state index contributed by atoms with van der Waals surface area (Å²) in [6.45, 7) is 8.73. The van der Waals surface area contributed by atoms with Gasteiger partial charge in [-0.25, -0.2) is 0 Å². The first-order valence-electron chi connectivity index (χ1n) is 9.12. The molecule has 2 aromatic carbocycles. The lowest BCUT2D eigenvalue weighted by atomic mass is 10.1. The number of benzene rings is 2. The normalized spacial score (nSPS) is 15.2. The topological polar surface area (TPSA) is 44.8 Å². The van der Waals surface area contributed by atoms with E-state index in [0.29, 0.717) is 17.4 Å². The fourth-order valence-electron chi connectivity index (χ4n) is 3.28. The van der Waals surface area contributed by atoms with Crippen molar-refractivity contribution in [2.45, 2.75) is 19.9 Å². The molecular formula is C21H27N3O2. The Hall–Kier alpha value is -2.53. The molecular weight excluding hydrogens is 326 g/mol. The van der Waals surface area contributed by atoms with E-state index in [9.17, 15) is 4.79 Å². The summed E-state index contributed by atoms with van der Waals surface area (Å²) in [6.07, 6.45) is 0. The maximum Gasteiger partial charge on any atom is 0.259 e. The molecule has 138 valence electrons. The molecule has 1 aliphatic heterocycles. The van der Waals surface area contributed by atoms with Crippen molar-refractivity contribution in [3.05, 3.63) is 54.1 Å². The zero-order valence-corrected chi connectivity index (χ0v) is 15.7. The molecule has 1 N–H and O–H groups in total. The van der Waals surface area contributed by atoms with E-state index in [-0.39, 0.29) is 5.91 Å². The third kappa shape index (κ3) is 4.17. The minimum atomic E-state index is -0.166. The molecule has 0 saturated carbocycles. The molecule has 0 atom stereocenters. The number of carbonyl (C=O) groups is 1. The van der Waals surface area contributed by atoms with Gasteiger partial charge in [0.05, 0.1) is 12.7 Å². The Kier molecular flexibility index (Phi) is 5.78. The van der Waals surface area contributed by atoms with Gasteiger partial charge >= 0.3 is 0 Å². The van der Waals surface area contributed by atoms with E-state index in [1.807, 2.05) is 24.3 Å². The van der Waals surface area contributed by atoms with E-state index in [4.69, 9.17) is 4.74 Å². The average Bonchev–Trinajstić information content (AvgIpc) is 2.68. The van der Waals surface area contributed by atoms with Crippen LogP contribution in [0.1, 0.15) is 24.2 Å². The maximum absolute atomic E-state index is 12.5. The molecule has 1 heterocycles. The van der Waals surface area contributed by atoms with Gasteiger partial charge in [0.2, 0.25) is 0 Å². The van der Waals surface area contributed by atoms with Crippen molar-refractivity contribution in [3.8, 4) is 5.75 Å². The van der Waals surface area contributed by atoms with Crippen LogP contribution in [0.2, 0.25) is 0 Å². The first-order valence-corrected chi connectivity index (χ1v) is 9.12. The van der Waals surface area contributed by atoms with Crippen molar-refractivity contribution >= 4 is 17.3 Å². The van der Waals surface area contributed by atoms with Crippen LogP contribution in [0.5, 0.6) is 5.75 Å². The van der Waals surface area contributed by atoms with Crippen molar-refractivity contribution in [1.29, 1.82) is 0 Å². The number of hydrogen-bond donors (Lipinski definition) is 1. The fraction of sp³-hybridized carbons (Fsp3) is 0.381. The van der Waals surface area contributed by atoms with Gasteiger partial charge in [-0.2, -0.15) is 0 Å². The fourth-order valence-corrected chi connectivity index (χ4v) is 3.28. The summed E-state index contributed by atoms with van der Waals surface area (Å²) in [4.78, 5) is 17.4. The molecule has 5 heteroatoms. The third-order valence-electron chi connectivity index (χ3n) is 4.89. The third-order valence-corrected chi connectivity index (χ3v) is 4.89. The van der Waals surface area contributed by atoms with E-state index in [1.165, 1.54) is 5.69 Å². The average molecular weight is 353 g/mol. The van der Waals surface area contributed by atoms with Crippen LogP contribution in [0, 0.1) is 0 Å². The van der Waals surface area contributed by atoms with Crippen LogP contribution in [-0.2, 0) is 0 Å². The summed E-state index contributed by atoms with van der Waals surface area (Å²) in [6, 6.07) is 15.9. The highest BCUT2D eigenvalue weighted by atomic mass is 16.5. The van der Waals surface area contributed by atoms with Gasteiger partial charge in [0.1, 0.15) is 5.75 Å². The summed E-state index contributed by atoms with van der Waals surface area (Å²) in [5.74, 6) is 0.408. The predicted octanol–water partition coefficient (Wildman–Crippen LogP) is 3.48. The molecule has 26 heavy (non-hydrogen) atoms. The number of piperazine rings is 1. The van der Waals surface area contributed by atoms with Crippen LogP contribution < -0.4 is 15.0 Å². The molecule has 1 fully saturated rings. The van der Waals surface area contributed by atoms with Gasteiger partial charge in [-0.1, -0.05) is 12.1 Å². The van der Waals surface area contributed by atoms with Crippen molar-refractivity contribution in [3.63, 3.8) is 0 Å². The summed E-state index contributed by atoms with van der Waals surface area (Å²) in [5, 5.41) is 2.94. The lowest BCUT2D eigenvalue weighted by Crippen LogP contribution is -2.48. The first kappa shape index (κ1) is 18.3. The lowest BCUT2D eigenvalue weighted by molar-refractivity contribution is 0.102. The van der Waals surface area contributed by atoms with Crippen LogP contribution in [0.3, 0.4) is 0 Å². The summed E-state index contributed by atoms with van der Waals surface area (Å²) < 4.78 is 5.26. The van der Waals surface area contributed by atoms with Crippen molar-refractivity contribution in [1.82, 2.24) is 4.90 Å². The minimum Gasteiger partial charge on any atom is -0.496 e. The van der Waals surface area contributed by atoms with Gasteiger partial charge in [-0.15, -0.1) is 0 Å². The molecule has 0 aliphatic carbocycles. The quantitative estimate of drug-likeness (QED) is 0.894. The van der Waals surface area contributed by atoms with E-state index < -0.39 is 0 Å². The molecule has 2 aromatic rings. The van der Waals surface area contributed by atoms with Crippen molar-refractivity contribution in [2.75, 3.05) is 43.5 Å². The molecule has 0 unspecified atom stereocenters. The van der Waals surface area contributed by atoms with Crippen LogP contribution in [0.4, 0.5) is 11.4 Å². The number of hydrogen-bond acceptors (Lipinski definition) is 4. The molecule has 1 aliphatic rings. The number of anilines is 2. The van der Waals surface area contributed by atoms with Crippen molar-refractivity contribution in [2.24, 2.45) is 0 Å². The van der Waals surface area contributed by atoms with Gasteiger partial charge in [0, 0.05) is 43.6 Å². The molecule has 0 radical (unpaired) electrons. The molecule has 5 nitrogen and oxygen atoms in total. The van der Waals surface area contributed by atoms with E-state index >= 15 is 0 Å². The molecule has 1 saturated heterocycles. The van der Waals surface area contributed by atoms with Gasteiger partial charge < -0.3 is 15.0 Å². The summed E-state index contributed by atoms with van der Waals surface area (Å²) in [7, 11) is 1.57. The highest BCUT2D eigenvalue weighted by molar-refractivity contribution is 6.06. The largest absolute Gasteiger partial charge is 0.496 e. The second-order valence-electron chi connectivity index (χ2n) is 6.82. The van der Waals surface area contributed by atoms with Gasteiger partial charge in [0.25, 0.3) is 5.91 Å². The van der Waals surface area contributed by atoms with Crippen molar-refractivity contribution < 1.29 is 9.53 Å². The predicted molar refractivity (Wildman–Crippen MR) is 106 cm³/mol. The van der Waals surface area contributed by atoms with E-state index in [1.54, 1.807) is 19.2 Å². The monoisotopic (exact) mass is 353 g/mol. The number of methoxy groups -OCH3 is 1. The summed E-state index contributed by atoms with van der Waals surface area (Å²) in [5.41, 5.74) is 2.51. The molecule has 0 bridgehead atoms. The summed E-state index contributed by atoms with van der Waals surface area (Å²) >= 11 is 0. The van der Waals surface area contributed by atoms with E-state index in [2.05, 4.69) is 41.1 Å². The zero-order chi connectivity index (χ0) is 18.5. The number of nitrogens with one attached hydrogen (secondary N) is 1.